The van der Waals surface area contributed by atoms with Crippen LogP contribution >= 0.6 is 0 Å². The van der Waals surface area contributed by atoms with Crippen LogP contribution in [0.5, 0.6) is 5.75 Å². The van der Waals surface area contributed by atoms with E-state index in [0.717, 1.165) is 67.4 Å². The van der Waals surface area contributed by atoms with Gasteiger partial charge in [-0.05, 0) is 81.0 Å². The van der Waals surface area contributed by atoms with Gasteiger partial charge in [0.05, 0.1) is 24.4 Å². The van der Waals surface area contributed by atoms with Crippen molar-refractivity contribution >= 4 is 23.0 Å². The Kier molecular flexibility index (Phi) is 8.80. The van der Waals surface area contributed by atoms with Crippen molar-refractivity contribution in [2.24, 2.45) is 0 Å². The number of ether oxygens (including phenoxy) is 2. The van der Waals surface area contributed by atoms with Crippen molar-refractivity contribution in [3.8, 4) is 5.75 Å². The average Bonchev–Trinajstić information content (AvgIpc) is 2.81. The molecule has 2 N–H and O–H groups in total. The minimum atomic E-state index is -0.765. The second-order valence-electron chi connectivity index (χ2n) is 8.19. The van der Waals surface area contributed by atoms with E-state index in [0.29, 0.717) is 12.6 Å². The summed E-state index contributed by atoms with van der Waals surface area (Å²) in [6, 6.07) is 14.8. The summed E-state index contributed by atoms with van der Waals surface area (Å²) in [7, 11) is 0. The standard InChI is InChI=1S/C26H36N2O4/c1-4-19(18-26(29)30)20-7-12-25(28(5-2)22-13-15-31-16-14-22)24(17-20)27-21-8-10-23(11-9-21)32-6-3/h7-12,17,19,22,27H,4-6,13-16,18H2,1-3H3,(H,29,30)/t19-/m0/s1. The van der Waals surface area contributed by atoms with E-state index in [4.69, 9.17) is 9.47 Å². The van der Waals surface area contributed by atoms with Gasteiger partial charge in [0.2, 0.25) is 0 Å². The highest BCUT2D eigenvalue weighted by atomic mass is 16.5. The van der Waals surface area contributed by atoms with E-state index in [2.05, 4.69) is 35.3 Å². The van der Waals surface area contributed by atoms with Crippen molar-refractivity contribution in [3.05, 3.63) is 48.0 Å². The fourth-order valence-corrected chi connectivity index (χ4v) is 4.45. The molecule has 32 heavy (non-hydrogen) atoms. The van der Waals surface area contributed by atoms with Crippen LogP contribution in [0.1, 0.15) is 57.9 Å². The lowest BCUT2D eigenvalue weighted by molar-refractivity contribution is -0.137. The fraction of sp³-hybridized carbons (Fsp3) is 0.500. The molecule has 3 rings (SSSR count). The van der Waals surface area contributed by atoms with Gasteiger partial charge in [-0.3, -0.25) is 4.79 Å². The molecule has 1 atom stereocenters. The maximum Gasteiger partial charge on any atom is 0.303 e. The summed E-state index contributed by atoms with van der Waals surface area (Å²) in [4.78, 5) is 13.8. The fourth-order valence-electron chi connectivity index (χ4n) is 4.45. The average molecular weight is 441 g/mol. The van der Waals surface area contributed by atoms with Crippen LogP contribution in [-0.2, 0) is 9.53 Å². The molecule has 1 aliphatic heterocycles. The van der Waals surface area contributed by atoms with Crippen LogP contribution < -0.4 is 15.0 Å². The topological polar surface area (TPSA) is 71.0 Å². The second-order valence-corrected chi connectivity index (χ2v) is 8.19. The Hall–Kier alpha value is -2.73. The third-order valence-corrected chi connectivity index (χ3v) is 6.13. The zero-order valence-electron chi connectivity index (χ0n) is 19.5. The minimum absolute atomic E-state index is 0.0133. The Balaban J connectivity index is 1.96. The highest BCUT2D eigenvalue weighted by molar-refractivity contribution is 5.77. The van der Waals surface area contributed by atoms with Crippen molar-refractivity contribution < 1.29 is 19.4 Å². The normalized spacial score (nSPS) is 15.2. The molecule has 2 aromatic carbocycles. The van der Waals surface area contributed by atoms with E-state index in [9.17, 15) is 9.90 Å². The first-order valence-corrected chi connectivity index (χ1v) is 11.8. The first kappa shape index (κ1) is 23.9. The van der Waals surface area contributed by atoms with Crippen LogP contribution in [0.3, 0.4) is 0 Å². The number of carbonyl (C=O) groups is 1. The van der Waals surface area contributed by atoms with Crippen LogP contribution in [0.15, 0.2) is 42.5 Å². The Labute approximate surface area is 191 Å². The molecule has 6 heteroatoms. The van der Waals surface area contributed by atoms with Gasteiger partial charge < -0.3 is 24.8 Å². The van der Waals surface area contributed by atoms with E-state index in [1.165, 1.54) is 0 Å². The maximum atomic E-state index is 11.4. The SMILES string of the molecule is CCOc1ccc(Nc2cc([C@@H](CC)CC(=O)O)ccc2N(CC)C2CCOCC2)cc1. The summed E-state index contributed by atoms with van der Waals surface area (Å²) in [5.74, 6) is 0.0665. The number of carboxylic acid groups (broad SMARTS) is 1. The predicted molar refractivity (Wildman–Crippen MR) is 129 cm³/mol. The van der Waals surface area contributed by atoms with Crippen LogP contribution in [0.2, 0.25) is 0 Å². The number of hydrogen-bond acceptors (Lipinski definition) is 5. The molecule has 2 aromatic rings. The van der Waals surface area contributed by atoms with Gasteiger partial charge in [0.15, 0.2) is 0 Å². The lowest BCUT2D eigenvalue weighted by Crippen LogP contribution is -2.39. The van der Waals surface area contributed by atoms with Crippen molar-refractivity contribution in [2.45, 2.75) is 58.4 Å². The van der Waals surface area contributed by atoms with E-state index >= 15 is 0 Å². The maximum absolute atomic E-state index is 11.4. The summed E-state index contributed by atoms with van der Waals surface area (Å²) in [5, 5.41) is 12.9. The Bertz CT molecular complexity index is 863. The highest BCUT2D eigenvalue weighted by Gasteiger charge is 2.24. The molecule has 6 nitrogen and oxygen atoms in total. The lowest BCUT2D eigenvalue weighted by atomic mass is 9.92. The quantitative estimate of drug-likeness (QED) is 0.460. The van der Waals surface area contributed by atoms with Crippen molar-refractivity contribution in [1.29, 1.82) is 0 Å². The number of nitrogens with one attached hydrogen (secondary N) is 1. The van der Waals surface area contributed by atoms with Crippen LogP contribution in [0, 0.1) is 0 Å². The van der Waals surface area contributed by atoms with Gasteiger partial charge in [0, 0.05) is 31.5 Å². The van der Waals surface area contributed by atoms with Crippen LogP contribution in [-0.4, -0.2) is 43.5 Å². The molecule has 1 aliphatic rings. The van der Waals surface area contributed by atoms with E-state index in [1.54, 1.807) is 0 Å². The smallest absolute Gasteiger partial charge is 0.303 e. The Morgan fingerprint density at radius 2 is 1.88 bits per heavy atom. The van der Waals surface area contributed by atoms with Gasteiger partial charge in [0.1, 0.15) is 5.75 Å². The molecule has 0 saturated carbocycles. The van der Waals surface area contributed by atoms with Gasteiger partial charge >= 0.3 is 5.97 Å². The largest absolute Gasteiger partial charge is 0.494 e. The van der Waals surface area contributed by atoms with Crippen molar-refractivity contribution in [1.82, 2.24) is 0 Å². The lowest BCUT2D eigenvalue weighted by Gasteiger charge is -2.37. The van der Waals surface area contributed by atoms with Crippen LogP contribution in [0.4, 0.5) is 17.1 Å². The summed E-state index contributed by atoms with van der Waals surface area (Å²) < 4.78 is 11.1. The first-order chi connectivity index (χ1) is 15.5. The zero-order valence-corrected chi connectivity index (χ0v) is 19.5. The van der Waals surface area contributed by atoms with E-state index in [1.807, 2.05) is 38.1 Å². The molecule has 0 unspecified atom stereocenters. The Morgan fingerprint density at radius 3 is 2.47 bits per heavy atom. The number of hydrogen-bond donors (Lipinski definition) is 2. The zero-order chi connectivity index (χ0) is 22.9. The Morgan fingerprint density at radius 1 is 1.16 bits per heavy atom. The molecular formula is C26H36N2O4. The molecule has 0 bridgehead atoms. The number of carboxylic acids is 1. The highest BCUT2D eigenvalue weighted by Crippen LogP contribution is 2.36. The summed E-state index contributed by atoms with van der Waals surface area (Å²) >= 11 is 0. The second kappa shape index (κ2) is 11.8. The minimum Gasteiger partial charge on any atom is -0.494 e. The summed E-state index contributed by atoms with van der Waals surface area (Å²) in [6.07, 6.45) is 2.94. The molecule has 0 aromatic heterocycles. The molecule has 0 amide bonds. The third-order valence-electron chi connectivity index (χ3n) is 6.13. The first-order valence-electron chi connectivity index (χ1n) is 11.8. The monoisotopic (exact) mass is 440 g/mol. The number of benzene rings is 2. The summed E-state index contributed by atoms with van der Waals surface area (Å²) in [5.41, 5.74) is 4.17. The molecule has 0 aliphatic carbocycles. The van der Waals surface area contributed by atoms with Gasteiger partial charge in [-0.25, -0.2) is 0 Å². The van der Waals surface area contributed by atoms with Crippen LogP contribution in [0.25, 0.3) is 0 Å². The number of anilines is 3. The van der Waals surface area contributed by atoms with Gasteiger partial charge in [-0.2, -0.15) is 0 Å². The van der Waals surface area contributed by atoms with Gasteiger partial charge in [0.25, 0.3) is 0 Å². The molecule has 174 valence electrons. The summed E-state index contributed by atoms with van der Waals surface area (Å²) in [6.45, 7) is 9.31. The van der Waals surface area contributed by atoms with E-state index < -0.39 is 5.97 Å². The number of aliphatic carboxylic acids is 1. The predicted octanol–water partition coefficient (Wildman–Crippen LogP) is 5.80. The molecular weight excluding hydrogens is 404 g/mol. The number of rotatable bonds is 11. The molecule has 1 saturated heterocycles. The number of nitrogens with zero attached hydrogens (tertiary/aromatic N) is 1. The molecule has 0 spiro atoms. The molecule has 0 radical (unpaired) electrons. The molecule has 1 fully saturated rings. The van der Waals surface area contributed by atoms with Gasteiger partial charge in [-0.15, -0.1) is 0 Å². The van der Waals surface area contributed by atoms with Crippen molar-refractivity contribution in [2.75, 3.05) is 36.6 Å². The van der Waals surface area contributed by atoms with E-state index in [-0.39, 0.29) is 12.3 Å². The van der Waals surface area contributed by atoms with Crippen molar-refractivity contribution in [3.63, 3.8) is 0 Å². The third kappa shape index (κ3) is 6.16. The molecule has 1 heterocycles. The van der Waals surface area contributed by atoms with Gasteiger partial charge in [-0.1, -0.05) is 13.0 Å².